The van der Waals surface area contributed by atoms with Gasteiger partial charge in [0.15, 0.2) is 0 Å². The smallest absolute Gasteiger partial charge is 0.253 e. The number of carbonyl (C=O) groups is 2. The highest BCUT2D eigenvalue weighted by Gasteiger charge is 2.50. The van der Waals surface area contributed by atoms with Gasteiger partial charge in [-0.2, -0.15) is 0 Å². The van der Waals surface area contributed by atoms with Crippen molar-refractivity contribution in [3.63, 3.8) is 0 Å². The first-order chi connectivity index (χ1) is 19.4. The number of benzene rings is 3. The van der Waals surface area contributed by atoms with Gasteiger partial charge >= 0.3 is 0 Å². The van der Waals surface area contributed by atoms with Crippen LogP contribution in [-0.2, 0) is 4.79 Å². The minimum atomic E-state index is -0.490. The highest BCUT2D eigenvalue weighted by Crippen LogP contribution is 2.37. The number of hydrogen-bond donors (Lipinski definition) is 2. The molecule has 2 N–H and O–H groups in total. The summed E-state index contributed by atoms with van der Waals surface area (Å²) < 4.78 is 0. The highest BCUT2D eigenvalue weighted by molar-refractivity contribution is 5.94. The Morgan fingerprint density at radius 2 is 1.63 bits per heavy atom. The van der Waals surface area contributed by atoms with E-state index in [0.29, 0.717) is 25.3 Å². The molecule has 2 amide bonds. The number of para-hydroxylation sites is 1. The molecule has 8 heteroatoms. The van der Waals surface area contributed by atoms with Gasteiger partial charge in [-0.05, 0) is 87.2 Å². The Morgan fingerprint density at radius 1 is 0.951 bits per heavy atom. The van der Waals surface area contributed by atoms with Crippen molar-refractivity contribution in [1.29, 1.82) is 0 Å². The van der Waals surface area contributed by atoms with Crippen LogP contribution in [0.1, 0.15) is 60.5 Å². The Kier molecular flexibility index (Phi) is 9.94. The summed E-state index contributed by atoms with van der Waals surface area (Å²) in [4.78, 5) is 32.4. The third-order valence-electron chi connectivity index (χ3n) is 8.71. The standard InChI is InChI=1S/C33H40N4O3.ClH/c1-3-36(4-2)31(39)26-15-13-25(14-16-26)30(27-9-8-12-29(38)23-27)17-20-35-21-18-33(19-22-35)32(40)34-24-37(33)28-10-6-5-7-11-28;/h5-16,23,30,38H,3-4,17-22,24H2,1-2H3,(H,34,40);1H. The molecule has 2 saturated heterocycles. The van der Waals surface area contributed by atoms with Crippen molar-refractivity contribution in [3.05, 3.63) is 95.6 Å². The van der Waals surface area contributed by atoms with Crippen LogP contribution in [-0.4, -0.2) is 71.7 Å². The second kappa shape index (κ2) is 13.4. The van der Waals surface area contributed by atoms with E-state index in [9.17, 15) is 14.7 Å². The van der Waals surface area contributed by atoms with Gasteiger partial charge in [-0.25, -0.2) is 0 Å². The number of nitrogens with one attached hydrogen (secondary N) is 1. The van der Waals surface area contributed by atoms with Gasteiger partial charge in [0.2, 0.25) is 5.91 Å². The van der Waals surface area contributed by atoms with Crippen molar-refractivity contribution in [1.82, 2.24) is 15.1 Å². The molecule has 2 fully saturated rings. The number of aromatic hydroxyl groups is 1. The number of carbonyl (C=O) groups excluding carboxylic acids is 2. The summed E-state index contributed by atoms with van der Waals surface area (Å²) in [7, 11) is 0. The molecule has 1 atom stereocenters. The van der Waals surface area contributed by atoms with Gasteiger partial charge in [-0.15, -0.1) is 12.4 Å². The fraction of sp³-hybridized carbons (Fsp3) is 0.394. The van der Waals surface area contributed by atoms with Crippen LogP contribution in [0.3, 0.4) is 0 Å². The van der Waals surface area contributed by atoms with Crippen molar-refractivity contribution in [2.24, 2.45) is 0 Å². The van der Waals surface area contributed by atoms with Gasteiger partial charge in [0, 0.05) is 43.3 Å². The number of phenols is 1. The molecule has 5 rings (SSSR count). The summed E-state index contributed by atoms with van der Waals surface area (Å²) in [5.41, 5.74) is 3.47. The molecule has 1 spiro atoms. The molecule has 0 radical (unpaired) electrons. The van der Waals surface area contributed by atoms with Crippen LogP contribution in [0, 0.1) is 0 Å². The maximum Gasteiger partial charge on any atom is 0.253 e. The van der Waals surface area contributed by atoms with Crippen LogP contribution in [0.25, 0.3) is 0 Å². The summed E-state index contributed by atoms with van der Waals surface area (Å²) in [5.74, 6) is 0.515. The monoisotopic (exact) mass is 576 g/mol. The Morgan fingerprint density at radius 3 is 2.27 bits per heavy atom. The summed E-state index contributed by atoms with van der Waals surface area (Å²) in [6.45, 7) is 8.49. The van der Waals surface area contributed by atoms with Gasteiger partial charge < -0.3 is 25.1 Å². The van der Waals surface area contributed by atoms with Crippen molar-refractivity contribution >= 4 is 29.9 Å². The minimum Gasteiger partial charge on any atom is -0.508 e. The van der Waals surface area contributed by atoms with Crippen LogP contribution in [0.4, 0.5) is 5.69 Å². The number of amides is 2. The molecule has 7 nitrogen and oxygen atoms in total. The first kappa shape index (κ1) is 30.4. The van der Waals surface area contributed by atoms with Crippen molar-refractivity contribution in [2.45, 2.75) is 44.6 Å². The molecule has 3 aromatic carbocycles. The first-order valence-corrected chi connectivity index (χ1v) is 14.5. The third kappa shape index (κ3) is 6.36. The lowest BCUT2D eigenvalue weighted by atomic mass is 9.84. The average molecular weight is 577 g/mol. The van der Waals surface area contributed by atoms with E-state index in [1.165, 1.54) is 0 Å². The van der Waals surface area contributed by atoms with E-state index < -0.39 is 5.54 Å². The average Bonchev–Trinajstić information content (AvgIpc) is 3.30. The lowest BCUT2D eigenvalue weighted by Gasteiger charge is -2.43. The fourth-order valence-corrected chi connectivity index (χ4v) is 6.31. The van der Waals surface area contributed by atoms with E-state index >= 15 is 0 Å². The summed E-state index contributed by atoms with van der Waals surface area (Å²) in [6, 6.07) is 25.6. The predicted molar refractivity (Wildman–Crippen MR) is 166 cm³/mol. The van der Waals surface area contributed by atoms with Crippen LogP contribution in [0.5, 0.6) is 5.75 Å². The van der Waals surface area contributed by atoms with Gasteiger partial charge in [-0.3, -0.25) is 9.59 Å². The summed E-state index contributed by atoms with van der Waals surface area (Å²) in [5, 5.41) is 13.3. The number of halogens is 1. The molecular weight excluding hydrogens is 536 g/mol. The second-order valence-corrected chi connectivity index (χ2v) is 10.8. The lowest BCUT2D eigenvalue weighted by molar-refractivity contribution is -0.125. The van der Waals surface area contributed by atoms with Crippen LogP contribution >= 0.6 is 12.4 Å². The van der Waals surface area contributed by atoms with E-state index in [2.05, 4.69) is 45.4 Å². The topological polar surface area (TPSA) is 76.1 Å². The molecule has 2 aliphatic heterocycles. The number of piperidine rings is 1. The molecule has 41 heavy (non-hydrogen) atoms. The number of nitrogens with zero attached hydrogens (tertiary/aromatic N) is 3. The van der Waals surface area contributed by atoms with E-state index in [-0.39, 0.29) is 35.9 Å². The Balaban J connectivity index is 0.00000387. The SMILES string of the molecule is CCN(CC)C(=O)c1ccc(C(CCN2CCC3(CC2)C(=O)NCN3c2ccccc2)c2cccc(O)c2)cc1.Cl. The second-order valence-electron chi connectivity index (χ2n) is 10.8. The largest absolute Gasteiger partial charge is 0.508 e. The van der Waals surface area contributed by atoms with Crippen LogP contribution in [0.2, 0.25) is 0 Å². The molecule has 3 aromatic rings. The molecular formula is C33H41ClN4O3. The highest BCUT2D eigenvalue weighted by atomic mass is 35.5. The van der Waals surface area contributed by atoms with Crippen molar-refractivity contribution < 1.29 is 14.7 Å². The normalized spacial score (nSPS) is 17.1. The van der Waals surface area contributed by atoms with E-state index in [1.54, 1.807) is 6.07 Å². The lowest BCUT2D eigenvalue weighted by Crippen LogP contribution is -2.56. The molecule has 218 valence electrons. The molecule has 0 aromatic heterocycles. The maximum absolute atomic E-state index is 13.0. The summed E-state index contributed by atoms with van der Waals surface area (Å²) in [6.07, 6.45) is 2.44. The maximum atomic E-state index is 13.0. The first-order valence-electron chi connectivity index (χ1n) is 14.5. The fourth-order valence-electron chi connectivity index (χ4n) is 6.31. The van der Waals surface area contributed by atoms with Gasteiger partial charge in [0.1, 0.15) is 11.3 Å². The van der Waals surface area contributed by atoms with E-state index in [4.69, 9.17) is 0 Å². The van der Waals surface area contributed by atoms with E-state index in [0.717, 1.165) is 55.7 Å². The summed E-state index contributed by atoms with van der Waals surface area (Å²) >= 11 is 0. The van der Waals surface area contributed by atoms with Gasteiger partial charge in [-0.1, -0.05) is 42.5 Å². The third-order valence-corrected chi connectivity index (χ3v) is 8.71. The number of likely N-dealkylation sites (tertiary alicyclic amines) is 1. The number of hydrogen-bond acceptors (Lipinski definition) is 5. The number of anilines is 1. The Hall–Kier alpha value is -3.55. The van der Waals surface area contributed by atoms with E-state index in [1.807, 2.05) is 61.2 Å². The van der Waals surface area contributed by atoms with Crippen LogP contribution < -0.4 is 10.2 Å². The zero-order valence-electron chi connectivity index (χ0n) is 24.0. The van der Waals surface area contributed by atoms with Crippen molar-refractivity contribution in [3.8, 4) is 5.75 Å². The molecule has 2 aliphatic rings. The minimum absolute atomic E-state index is 0. The van der Waals surface area contributed by atoms with Crippen molar-refractivity contribution in [2.75, 3.05) is 44.3 Å². The van der Waals surface area contributed by atoms with Gasteiger partial charge in [0.25, 0.3) is 5.91 Å². The Labute approximate surface area is 249 Å². The molecule has 1 unspecified atom stereocenters. The molecule has 0 bridgehead atoms. The predicted octanol–water partition coefficient (Wildman–Crippen LogP) is 5.25. The number of rotatable bonds is 9. The Bertz CT molecular complexity index is 1310. The molecule has 0 saturated carbocycles. The zero-order chi connectivity index (χ0) is 28.1. The molecule has 0 aliphatic carbocycles. The van der Waals surface area contributed by atoms with Gasteiger partial charge in [0.05, 0.1) is 6.67 Å². The van der Waals surface area contributed by atoms with Crippen LogP contribution in [0.15, 0.2) is 78.9 Å². The zero-order valence-corrected chi connectivity index (χ0v) is 24.8. The number of phenolic OH excluding ortho intramolecular Hbond substituents is 1. The quantitative estimate of drug-likeness (QED) is 0.364. The molecule has 2 heterocycles.